The predicted molar refractivity (Wildman–Crippen MR) is 76.8 cm³/mol. The minimum atomic E-state index is 0.0785. The lowest BCUT2D eigenvalue weighted by Gasteiger charge is -2.06. The van der Waals surface area contributed by atoms with E-state index in [2.05, 4.69) is 9.97 Å². The van der Waals surface area contributed by atoms with Crippen molar-refractivity contribution in [2.45, 2.75) is 37.7 Å². The van der Waals surface area contributed by atoms with Gasteiger partial charge < -0.3 is 0 Å². The molecule has 0 aliphatic rings. The molecule has 0 unspecified atom stereocenters. The predicted octanol–water partition coefficient (Wildman–Crippen LogP) is 3.76. The standard InChI is InChI=1S/C15H16N2OS/c1-9-10(2)16-15(17-11(9)3)19-14-7-5-13(6-8-14)12(4)18/h5-8H,1-4H3. The molecule has 98 valence electrons. The molecule has 0 saturated carbocycles. The van der Waals surface area contributed by atoms with Crippen LogP contribution in [0.1, 0.15) is 34.2 Å². The van der Waals surface area contributed by atoms with Crippen molar-refractivity contribution in [1.82, 2.24) is 9.97 Å². The third-order valence-electron chi connectivity index (χ3n) is 3.08. The zero-order chi connectivity index (χ0) is 14.0. The van der Waals surface area contributed by atoms with Crippen molar-refractivity contribution in [2.24, 2.45) is 0 Å². The molecule has 0 amide bonds. The smallest absolute Gasteiger partial charge is 0.192 e. The van der Waals surface area contributed by atoms with E-state index in [1.54, 1.807) is 6.92 Å². The third-order valence-corrected chi connectivity index (χ3v) is 3.96. The van der Waals surface area contributed by atoms with Gasteiger partial charge in [-0.05, 0) is 57.2 Å². The zero-order valence-corrected chi connectivity index (χ0v) is 12.3. The lowest BCUT2D eigenvalue weighted by Crippen LogP contribution is -1.97. The minimum absolute atomic E-state index is 0.0785. The van der Waals surface area contributed by atoms with E-state index in [4.69, 9.17) is 0 Å². The summed E-state index contributed by atoms with van der Waals surface area (Å²) in [4.78, 5) is 21.2. The maximum atomic E-state index is 11.2. The number of ketones is 1. The number of hydrogen-bond donors (Lipinski definition) is 0. The molecule has 0 bridgehead atoms. The summed E-state index contributed by atoms with van der Waals surface area (Å²) in [5.74, 6) is 0.0785. The van der Waals surface area contributed by atoms with Gasteiger partial charge in [-0.1, -0.05) is 12.1 Å². The number of nitrogens with zero attached hydrogens (tertiary/aromatic N) is 2. The Labute approximate surface area is 117 Å². The minimum Gasteiger partial charge on any atom is -0.295 e. The Morgan fingerprint density at radius 3 is 2.00 bits per heavy atom. The van der Waals surface area contributed by atoms with Crippen molar-refractivity contribution in [2.75, 3.05) is 0 Å². The van der Waals surface area contributed by atoms with E-state index in [0.29, 0.717) is 0 Å². The fraction of sp³-hybridized carbons (Fsp3) is 0.267. The van der Waals surface area contributed by atoms with Gasteiger partial charge in [-0.2, -0.15) is 0 Å². The summed E-state index contributed by atoms with van der Waals surface area (Å²) >= 11 is 1.51. The van der Waals surface area contributed by atoms with E-state index in [1.165, 1.54) is 11.8 Å². The Hall–Kier alpha value is -1.68. The SMILES string of the molecule is CC(=O)c1ccc(Sc2nc(C)c(C)c(C)n2)cc1. The molecule has 1 aromatic carbocycles. The van der Waals surface area contributed by atoms with Crippen LogP contribution in [0, 0.1) is 20.8 Å². The van der Waals surface area contributed by atoms with Crippen LogP contribution in [0.5, 0.6) is 0 Å². The molecule has 0 fully saturated rings. The molecule has 4 heteroatoms. The lowest BCUT2D eigenvalue weighted by molar-refractivity contribution is 0.101. The van der Waals surface area contributed by atoms with Crippen molar-refractivity contribution in [3.63, 3.8) is 0 Å². The molecule has 0 N–H and O–H groups in total. The molecule has 2 aromatic rings. The summed E-state index contributed by atoms with van der Waals surface area (Å²) in [6.45, 7) is 7.58. The molecule has 0 spiro atoms. The van der Waals surface area contributed by atoms with Gasteiger partial charge in [0.05, 0.1) is 0 Å². The summed E-state index contributed by atoms with van der Waals surface area (Å²) in [5.41, 5.74) is 3.88. The summed E-state index contributed by atoms with van der Waals surface area (Å²) in [7, 11) is 0. The molecule has 1 aromatic heterocycles. The Morgan fingerprint density at radius 2 is 1.53 bits per heavy atom. The van der Waals surface area contributed by atoms with Crippen molar-refractivity contribution in [3.05, 3.63) is 46.8 Å². The number of Topliss-reactive ketones (excluding diaryl/α,β-unsaturated/α-hetero) is 1. The van der Waals surface area contributed by atoms with Gasteiger partial charge in [0.2, 0.25) is 0 Å². The van der Waals surface area contributed by atoms with Crippen LogP contribution in [0.2, 0.25) is 0 Å². The zero-order valence-electron chi connectivity index (χ0n) is 11.5. The number of aryl methyl sites for hydroxylation is 2. The first kappa shape index (κ1) is 13.7. The maximum absolute atomic E-state index is 11.2. The van der Waals surface area contributed by atoms with Crippen LogP contribution < -0.4 is 0 Å². The van der Waals surface area contributed by atoms with Crippen LogP contribution in [-0.2, 0) is 0 Å². The molecule has 19 heavy (non-hydrogen) atoms. The van der Waals surface area contributed by atoms with E-state index in [1.807, 2.05) is 45.0 Å². The Morgan fingerprint density at radius 1 is 1.00 bits per heavy atom. The van der Waals surface area contributed by atoms with Crippen LogP contribution >= 0.6 is 11.8 Å². The van der Waals surface area contributed by atoms with Crippen LogP contribution in [0.4, 0.5) is 0 Å². The van der Waals surface area contributed by atoms with E-state index < -0.39 is 0 Å². The number of rotatable bonds is 3. The van der Waals surface area contributed by atoms with Crippen LogP contribution in [0.25, 0.3) is 0 Å². The molecule has 0 atom stereocenters. The second-order valence-corrected chi connectivity index (χ2v) is 5.53. The molecule has 3 nitrogen and oxygen atoms in total. The Bertz CT molecular complexity index is 598. The average molecular weight is 272 g/mol. The Balaban J connectivity index is 2.24. The van der Waals surface area contributed by atoms with Gasteiger partial charge in [0.15, 0.2) is 10.9 Å². The van der Waals surface area contributed by atoms with Crippen LogP contribution in [0.3, 0.4) is 0 Å². The van der Waals surface area contributed by atoms with Crippen LogP contribution in [0.15, 0.2) is 34.3 Å². The molecule has 1 heterocycles. The van der Waals surface area contributed by atoms with Crippen molar-refractivity contribution < 1.29 is 4.79 Å². The van der Waals surface area contributed by atoms with E-state index in [0.717, 1.165) is 32.6 Å². The molecule has 0 aliphatic heterocycles. The fourth-order valence-electron chi connectivity index (χ4n) is 1.65. The highest BCUT2D eigenvalue weighted by molar-refractivity contribution is 7.99. The van der Waals surface area contributed by atoms with Gasteiger partial charge in [-0.15, -0.1) is 0 Å². The number of hydrogen-bond acceptors (Lipinski definition) is 4. The van der Waals surface area contributed by atoms with Crippen LogP contribution in [-0.4, -0.2) is 15.8 Å². The third kappa shape index (κ3) is 3.20. The van der Waals surface area contributed by atoms with Crippen molar-refractivity contribution >= 4 is 17.5 Å². The number of benzene rings is 1. The van der Waals surface area contributed by atoms with E-state index >= 15 is 0 Å². The van der Waals surface area contributed by atoms with E-state index in [9.17, 15) is 4.79 Å². The van der Waals surface area contributed by atoms with Gasteiger partial charge >= 0.3 is 0 Å². The van der Waals surface area contributed by atoms with Crippen molar-refractivity contribution in [1.29, 1.82) is 0 Å². The molecule has 0 aliphatic carbocycles. The quantitative estimate of drug-likeness (QED) is 0.630. The average Bonchev–Trinajstić information content (AvgIpc) is 2.36. The second kappa shape index (κ2) is 5.53. The van der Waals surface area contributed by atoms with Gasteiger partial charge in [0, 0.05) is 21.8 Å². The topological polar surface area (TPSA) is 42.9 Å². The molecule has 0 radical (unpaired) electrons. The van der Waals surface area contributed by atoms with Crippen molar-refractivity contribution in [3.8, 4) is 0 Å². The highest BCUT2D eigenvalue weighted by Gasteiger charge is 2.07. The normalized spacial score (nSPS) is 10.5. The first-order valence-corrected chi connectivity index (χ1v) is 6.89. The van der Waals surface area contributed by atoms with Gasteiger partial charge in [0.25, 0.3) is 0 Å². The van der Waals surface area contributed by atoms with Gasteiger partial charge in [-0.25, -0.2) is 9.97 Å². The fourth-order valence-corrected chi connectivity index (χ4v) is 2.50. The second-order valence-electron chi connectivity index (χ2n) is 4.48. The Kier molecular flexibility index (Phi) is 4.00. The monoisotopic (exact) mass is 272 g/mol. The highest BCUT2D eigenvalue weighted by Crippen LogP contribution is 2.26. The number of aromatic nitrogens is 2. The number of carbonyl (C=O) groups is 1. The summed E-state index contributed by atoms with van der Waals surface area (Å²) in [5, 5.41) is 0.746. The molecular weight excluding hydrogens is 256 g/mol. The van der Waals surface area contributed by atoms with Gasteiger partial charge in [0.1, 0.15) is 0 Å². The largest absolute Gasteiger partial charge is 0.295 e. The number of carbonyl (C=O) groups excluding carboxylic acids is 1. The summed E-state index contributed by atoms with van der Waals surface area (Å²) in [6.07, 6.45) is 0. The summed E-state index contributed by atoms with van der Waals surface area (Å²) in [6, 6.07) is 7.52. The molecule has 0 saturated heterocycles. The first-order chi connectivity index (χ1) is 8.97. The van der Waals surface area contributed by atoms with E-state index in [-0.39, 0.29) is 5.78 Å². The molecule has 2 rings (SSSR count). The highest BCUT2D eigenvalue weighted by atomic mass is 32.2. The van der Waals surface area contributed by atoms with Gasteiger partial charge in [-0.3, -0.25) is 4.79 Å². The molecular formula is C15H16N2OS. The lowest BCUT2D eigenvalue weighted by atomic mass is 10.2. The first-order valence-electron chi connectivity index (χ1n) is 6.08. The summed E-state index contributed by atoms with van der Waals surface area (Å²) < 4.78 is 0. The maximum Gasteiger partial charge on any atom is 0.192 e.